The first-order valence-corrected chi connectivity index (χ1v) is 7.86. The SMILES string of the molecule is O=c1[nH]c(CN2CC=CC2)nc2c3c(oc12)C=CC(Br)C3. The average molecular weight is 348 g/mol. The number of nitrogens with one attached hydrogen (secondary N) is 1. The lowest BCUT2D eigenvalue weighted by Crippen LogP contribution is -2.23. The lowest BCUT2D eigenvalue weighted by atomic mass is 10.0. The van der Waals surface area contributed by atoms with Gasteiger partial charge in [0, 0.05) is 23.5 Å². The topological polar surface area (TPSA) is 62.1 Å². The Morgan fingerprint density at radius 2 is 2.24 bits per heavy atom. The molecule has 2 aromatic heterocycles. The van der Waals surface area contributed by atoms with E-state index in [2.05, 4.69) is 42.9 Å². The van der Waals surface area contributed by atoms with E-state index >= 15 is 0 Å². The van der Waals surface area contributed by atoms with E-state index in [1.165, 1.54) is 0 Å². The van der Waals surface area contributed by atoms with Crippen molar-refractivity contribution in [2.24, 2.45) is 0 Å². The summed E-state index contributed by atoms with van der Waals surface area (Å²) in [7, 11) is 0. The zero-order valence-corrected chi connectivity index (χ0v) is 12.9. The number of furan rings is 1. The normalized spacial score (nSPS) is 21.3. The van der Waals surface area contributed by atoms with Crippen molar-refractivity contribution in [1.82, 2.24) is 14.9 Å². The minimum absolute atomic E-state index is 0.198. The van der Waals surface area contributed by atoms with Crippen LogP contribution in [0.1, 0.15) is 17.1 Å². The van der Waals surface area contributed by atoms with Gasteiger partial charge in [-0.05, 0) is 12.5 Å². The number of fused-ring (bicyclic) bond motifs is 3. The van der Waals surface area contributed by atoms with Crippen LogP contribution in [0.5, 0.6) is 0 Å². The molecule has 1 N–H and O–H groups in total. The van der Waals surface area contributed by atoms with Gasteiger partial charge in [0.15, 0.2) is 0 Å². The van der Waals surface area contributed by atoms with Crippen LogP contribution in [0.2, 0.25) is 0 Å². The zero-order valence-electron chi connectivity index (χ0n) is 11.3. The van der Waals surface area contributed by atoms with Crippen molar-refractivity contribution in [3.8, 4) is 0 Å². The van der Waals surface area contributed by atoms with Crippen LogP contribution < -0.4 is 5.56 Å². The first-order valence-electron chi connectivity index (χ1n) is 6.95. The van der Waals surface area contributed by atoms with E-state index < -0.39 is 0 Å². The fourth-order valence-electron chi connectivity index (χ4n) is 2.82. The summed E-state index contributed by atoms with van der Waals surface area (Å²) in [6.45, 7) is 2.45. The molecule has 0 amide bonds. The second-order valence-electron chi connectivity index (χ2n) is 5.38. The Labute approximate surface area is 129 Å². The largest absolute Gasteiger partial charge is 0.449 e. The number of halogens is 1. The van der Waals surface area contributed by atoms with Crippen LogP contribution in [0, 0.1) is 0 Å². The Morgan fingerprint density at radius 3 is 3.05 bits per heavy atom. The first-order chi connectivity index (χ1) is 10.2. The quantitative estimate of drug-likeness (QED) is 0.668. The molecule has 6 heteroatoms. The Balaban J connectivity index is 1.79. The molecule has 0 spiro atoms. The standard InChI is InChI=1S/C15H14BrN3O2/c16-9-3-4-11-10(7-9)13-14(21-11)15(20)18-12(17-13)8-19-5-1-2-6-19/h1-4,9H,5-8H2,(H,17,18,20). The van der Waals surface area contributed by atoms with Crippen molar-refractivity contribution in [3.05, 3.63) is 45.7 Å². The molecule has 108 valence electrons. The minimum Gasteiger partial charge on any atom is -0.449 e. The van der Waals surface area contributed by atoms with Gasteiger partial charge in [0.2, 0.25) is 5.58 Å². The Kier molecular flexibility index (Phi) is 3.08. The molecule has 0 aromatic carbocycles. The van der Waals surface area contributed by atoms with Gasteiger partial charge in [0.05, 0.1) is 6.54 Å². The summed E-state index contributed by atoms with van der Waals surface area (Å²) in [5, 5.41) is 0. The summed E-state index contributed by atoms with van der Waals surface area (Å²) in [5.74, 6) is 1.44. The van der Waals surface area contributed by atoms with Gasteiger partial charge in [-0.2, -0.15) is 0 Å². The summed E-state index contributed by atoms with van der Waals surface area (Å²) in [4.78, 5) is 22.2. The highest BCUT2D eigenvalue weighted by Crippen LogP contribution is 2.30. The van der Waals surface area contributed by atoms with Crippen molar-refractivity contribution in [2.45, 2.75) is 17.8 Å². The third-order valence-corrected chi connectivity index (χ3v) is 4.47. The zero-order chi connectivity index (χ0) is 14.4. The predicted octanol–water partition coefficient (Wildman–Crippen LogP) is 2.22. The van der Waals surface area contributed by atoms with Crippen LogP contribution in [0.3, 0.4) is 0 Å². The second-order valence-corrected chi connectivity index (χ2v) is 6.56. The maximum Gasteiger partial charge on any atom is 0.294 e. The lowest BCUT2D eigenvalue weighted by molar-refractivity contribution is 0.336. The fraction of sp³-hybridized carbons (Fsp3) is 0.333. The van der Waals surface area contributed by atoms with Crippen LogP contribution in [0.15, 0.2) is 27.4 Å². The van der Waals surface area contributed by atoms with E-state index in [-0.39, 0.29) is 10.4 Å². The Bertz CT molecular complexity index is 810. The number of hydrogen-bond acceptors (Lipinski definition) is 4. The number of allylic oxidation sites excluding steroid dienone is 1. The van der Waals surface area contributed by atoms with E-state index in [0.717, 1.165) is 30.8 Å². The molecule has 0 saturated heterocycles. The molecule has 1 aliphatic heterocycles. The number of rotatable bonds is 2. The summed E-state index contributed by atoms with van der Waals surface area (Å²) in [6.07, 6.45) is 8.96. The van der Waals surface area contributed by atoms with Crippen molar-refractivity contribution < 1.29 is 4.42 Å². The number of aromatic amines is 1. The van der Waals surface area contributed by atoms with Gasteiger partial charge in [0.1, 0.15) is 17.1 Å². The molecule has 1 unspecified atom stereocenters. The summed E-state index contributed by atoms with van der Waals surface area (Å²) < 4.78 is 5.65. The van der Waals surface area contributed by atoms with Gasteiger partial charge in [-0.3, -0.25) is 9.69 Å². The third kappa shape index (κ3) is 2.28. The second kappa shape index (κ2) is 4.96. The summed E-state index contributed by atoms with van der Waals surface area (Å²) in [5.41, 5.74) is 1.84. The highest BCUT2D eigenvalue weighted by molar-refractivity contribution is 9.09. The summed E-state index contributed by atoms with van der Waals surface area (Å²) >= 11 is 3.58. The molecular formula is C15H14BrN3O2. The fourth-order valence-corrected chi connectivity index (χ4v) is 3.30. The maximum absolute atomic E-state index is 12.2. The molecular weight excluding hydrogens is 334 g/mol. The number of hydrogen-bond donors (Lipinski definition) is 1. The van der Waals surface area contributed by atoms with Crippen molar-refractivity contribution in [1.29, 1.82) is 0 Å². The van der Waals surface area contributed by atoms with Crippen molar-refractivity contribution in [2.75, 3.05) is 13.1 Å². The molecule has 5 nitrogen and oxygen atoms in total. The first kappa shape index (κ1) is 13.0. The highest BCUT2D eigenvalue weighted by Gasteiger charge is 2.22. The molecule has 21 heavy (non-hydrogen) atoms. The number of aromatic nitrogens is 2. The lowest BCUT2D eigenvalue weighted by Gasteiger charge is -2.13. The molecule has 1 atom stereocenters. The average Bonchev–Trinajstić information content (AvgIpc) is 3.07. The van der Waals surface area contributed by atoms with E-state index in [9.17, 15) is 4.79 Å². The summed E-state index contributed by atoms with van der Waals surface area (Å²) in [6, 6.07) is 0. The van der Waals surface area contributed by atoms with Crippen LogP contribution in [-0.2, 0) is 13.0 Å². The molecule has 2 aromatic rings. The number of H-pyrrole nitrogens is 1. The number of alkyl halides is 1. The smallest absolute Gasteiger partial charge is 0.294 e. The number of nitrogens with zero attached hydrogens (tertiary/aromatic N) is 2. The van der Waals surface area contributed by atoms with Gasteiger partial charge in [-0.15, -0.1) is 0 Å². The van der Waals surface area contributed by atoms with Gasteiger partial charge in [0.25, 0.3) is 5.56 Å². The molecule has 2 aliphatic rings. The van der Waals surface area contributed by atoms with Crippen LogP contribution in [-0.4, -0.2) is 32.8 Å². The Hall–Kier alpha value is -1.66. The predicted molar refractivity (Wildman–Crippen MR) is 84.5 cm³/mol. The highest BCUT2D eigenvalue weighted by atomic mass is 79.9. The molecule has 3 heterocycles. The third-order valence-electron chi connectivity index (χ3n) is 3.84. The van der Waals surface area contributed by atoms with Crippen LogP contribution >= 0.6 is 15.9 Å². The molecule has 1 aliphatic carbocycles. The molecule has 4 rings (SSSR count). The van der Waals surface area contributed by atoms with Gasteiger partial charge in [-0.1, -0.05) is 34.2 Å². The van der Waals surface area contributed by atoms with Crippen LogP contribution in [0.25, 0.3) is 17.2 Å². The van der Waals surface area contributed by atoms with E-state index in [4.69, 9.17) is 4.42 Å². The maximum atomic E-state index is 12.2. The van der Waals surface area contributed by atoms with Gasteiger partial charge < -0.3 is 9.40 Å². The minimum atomic E-state index is -0.198. The molecule has 0 saturated carbocycles. The van der Waals surface area contributed by atoms with Gasteiger partial charge in [-0.25, -0.2) is 4.98 Å². The molecule has 0 bridgehead atoms. The van der Waals surface area contributed by atoms with Crippen molar-refractivity contribution in [3.63, 3.8) is 0 Å². The molecule has 0 radical (unpaired) electrons. The monoisotopic (exact) mass is 347 g/mol. The van der Waals surface area contributed by atoms with Gasteiger partial charge >= 0.3 is 0 Å². The van der Waals surface area contributed by atoms with E-state index in [1.54, 1.807) is 0 Å². The Morgan fingerprint density at radius 1 is 1.43 bits per heavy atom. The van der Waals surface area contributed by atoms with E-state index in [1.807, 2.05) is 12.2 Å². The van der Waals surface area contributed by atoms with E-state index in [0.29, 0.717) is 23.5 Å². The molecule has 0 fully saturated rings. The van der Waals surface area contributed by atoms with Crippen LogP contribution in [0.4, 0.5) is 0 Å². The van der Waals surface area contributed by atoms with Crippen molar-refractivity contribution >= 4 is 33.1 Å².